The Balaban J connectivity index is 3.00. The SMILES string of the molecule is C=C(/C(C)=C/C(=N)N)N(N)c1ccc(F)c(Cl)c1. The molecule has 6 heteroatoms. The zero-order chi connectivity index (χ0) is 13.9. The third kappa shape index (κ3) is 3.32. The van der Waals surface area contributed by atoms with Crippen molar-refractivity contribution in [1.29, 1.82) is 5.41 Å². The Hall–Kier alpha value is -1.85. The van der Waals surface area contributed by atoms with Crippen LogP contribution in [0.4, 0.5) is 10.1 Å². The highest BCUT2D eigenvalue weighted by molar-refractivity contribution is 6.31. The van der Waals surface area contributed by atoms with Gasteiger partial charge in [-0.15, -0.1) is 0 Å². The number of amidine groups is 1. The van der Waals surface area contributed by atoms with Crippen LogP contribution >= 0.6 is 11.6 Å². The van der Waals surface area contributed by atoms with Gasteiger partial charge in [0, 0.05) is 0 Å². The number of rotatable bonds is 4. The fraction of sp³-hybridized carbons (Fsp3) is 0.0833. The molecule has 0 saturated carbocycles. The van der Waals surface area contributed by atoms with Crippen LogP contribution in [0.5, 0.6) is 0 Å². The molecule has 0 radical (unpaired) electrons. The van der Waals surface area contributed by atoms with Crippen LogP contribution in [-0.2, 0) is 0 Å². The highest BCUT2D eigenvalue weighted by atomic mass is 35.5. The number of anilines is 1. The molecule has 0 saturated heterocycles. The summed E-state index contributed by atoms with van der Waals surface area (Å²) in [6.45, 7) is 5.50. The molecule has 4 nitrogen and oxygen atoms in total. The molecule has 0 heterocycles. The first-order valence-corrected chi connectivity index (χ1v) is 5.42. The first-order valence-electron chi connectivity index (χ1n) is 5.04. The molecular weight excluding hydrogens is 255 g/mol. The summed E-state index contributed by atoms with van der Waals surface area (Å²) in [5.41, 5.74) is 6.81. The molecule has 96 valence electrons. The van der Waals surface area contributed by atoms with E-state index in [-0.39, 0.29) is 10.9 Å². The molecule has 0 aliphatic rings. The molecular formula is C12H14ClFN4. The summed E-state index contributed by atoms with van der Waals surface area (Å²) in [5, 5.41) is 8.38. The van der Waals surface area contributed by atoms with E-state index in [1.165, 1.54) is 29.3 Å². The van der Waals surface area contributed by atoms with Gasteiger partial charge in [0.05, 0.1) is 16.4 Å². The van der Waals surface area contributed by atoms with Crippen molar-refractivity contribution in [1.82, 2.24) is 0 Å². The minimum Gasteiger partial charge on any atom is -0.384 e. The van der Waals surface area contributed by atoms with Crippen molar-refractivity contribution in [2.24, 2.45) is 11.6 Å². The van der Waals surface area contributed by atoms with Gasteiger partial charge in [0.2, 0.25) is 0 Å². The molecule has 0 aliphatic carbocycles. The van der Waals surface area contributed by atoms with Gasteiger partial charge in [-0.25, -0.2) is 10.2 Å². The second-order valence-electron chi connectivity index (χ2n) is 3.70. The van der Waals surface area contributed by atoms with Crippen molar-refractivity contribution in [3.8, 4) is 0 Å². The summed E-state index contributed by atoms with van der Waals surface area (Å²) in [5.74, 6) is 5.22. The number of hydrazine groups is 1. The number of hydrogen-bond donors (Lipinski definition) is 3. The zero-order valence-electron chi connectivity index (χ0n) is 9.87. The number of halogens is 2. The summed E-state index contributed by atoms with van der Waals surface area (Å²) in [4.78, 5) is 0. The number of hydrogen-bond acceptors (Lipinski definition) is 3. The number of allylic oxidation sites excluding steroid dienone is 1. The average molecular weight is 269 g/mol. The van der Waals surface area contributed by atoms with E-state index in [4.69, 9.17) is 28.6 Å². The van der Waals surface area contributed by atoms with Crippen LogP contribution in [0.2, 0.25) is 5.02 Å². The normalized spacial score (nSPS) is 11.2. The van der Waals surface area contributed by atoms with Crippen LogP contribution in [0.15, 0.2) is 42.1 Å². The van der Waals surface area contributed by atoms with Gasteiger partial charge in [-0.3, -0.25) is 10.4 Å². The van der Waals surface area contributed by atoms with E-state index < -0.39 is 5.82 Å². The third-order valence-corrected chi connectivity index (χ3v) is 2.59. The summed E-state index contributed by atoms with van der Waals surface area (Å²) >= 11 is 5.67. The van der Waals surface area contributed by atoms with E-state index >= 15 is 0 Å². The van der Waals surface area contributed by atoms with Gasteiger partial charge in [-0.05, 0) is 36.8 Å². The predicted octanol–water partition coefficient (Wildman–Crippen LogP) is 2.56. The molecule has 5 N–H and O–H groups in total. The summed E-state index contributed by atoms with van der Waals surface area (Å²) in [6.07, 6.45) is 1.42. The molecule has 1 rings (SSSR count). The highest BCUT2D eigenvalue weighted by Gasteiger charge is 2.10. The molecule has 1 aromatic rings. The van der Waals surface area contributed by atoms with Crippen LogP contribution in [-0.4, -0.2) is 5.84 Å². The van der Waals surface area contributed by atoms with Crippen molar-refractivity contribution < 1.29 is 4.39 Å². The zero-order valence-corrected chi connectivity index (χ0v) is 10.6. The maximum absolute atomic E-state index is 13.0. The van der Waals surface area contributed by atoms with E-state index in [0.717, 1.165) is 0 Å². The first-order chi connectivity index (χ1) is 8.32. The Morgan fingerprint density at radius 1 is 1.56 bits per heavy atom. The smallest absolute Gasteiger partial charge is 0.141 e. The van der Waals surface area contributed by atoms with Gasteiger partial charge in [0.1, 0.15) is 11.7 Å². The van der Waals surface area contributed by atoms with Gasteiger partial charge in [0.25, 0.3) is 0 Å². The maximum Gasteiger partial charge on any atom is 0.141 e. The Kier molecular flexibility index (Phi) is 4.47. The number of nitrogens with one attached hydrogen (secondary N) is 1. The van der Waals surface area contributed by atoms with E-state index in [1.807, 2.05) is 0 Å². The lowest BCUT2D eigenvalue weighted by Gasteiger charge is -2.22. The second kappa shape index (κ2) is 5.66. The monoisotopic (exact) mass is 268 g/mol. The van der Waals surface area contributed by atoms with Crippen molar-refractivity contribution in [3.63, 3.8) is 0 Å². The molecule has 0 fully saturated rings. The largest absolute Gasteiger partial charge is 0.384 e. The predicted molar refractivity (Wildman–Crippen MR) is 72.9 cm³/mol. The standard InChI is InChI=1S/C12H14ClFN4/c1-7(5-12(15)16)8(2)18(17)9-3-4-11(14)10(13)6-9/h3-6H,2,17H2,1H3,(H3,15,16)/b7-5+. The number of nitrogens with zero attached hydrogens (tertiary/aromatic N) is 1. The lowest BCUT2D eigenvalue weighted by atomic mass is 10.2. The fourth-order valence-electron chi connectivity index (χ4n) is 1.30. The number of nitrogens with two attached hydrogens (primary N) is 2. The Bertz CT molecular complexity index is 525. The molecule has 0 bridgehead atoms. The molecule has 0 aliphatic heterocycles. The maximum atomic E-state index is 13.0. The van der Waals surface area contributed by atoms with E-state index in [1.54, 1.807) is 6.92 Å². The van der Waals surface area contributed by atoms with Gasteiger partial charge in [-0.2, -0.15) is 0 Å². The minimum atomic E-state index is -0.518. The molecule has 18 heavy (non-hydrogen) atoms. The van der Waals surface area contributed by atoms with Crippen molar-refractivity contribution in [2.75, 3.05) is 5.01 Å². The van der Waals surface area contributed by atoms with Gasteiger partial charge >= 0.3 is 0 Å². The van der Waals surface area contributed by atoms with E-state index in [9.17, 15) is 4.39 Å². The topological polar surface area (TPSA) is 79.1 Å². The first kappa shape index (κ1) is 14.2. The fourth-order valence-corrected chi connectivity index (χ4v) is 1.47. The molecule has 0 unspecified atom stereocenters. The summed E-state index contributed by atoms with van der Waals surface area (Å²) in [6, 6.07) is 4.09. The Morgan fingerprint density at radius 3 is 2.67 bits per heavy atom. The average Bonchev–Trinajstić information content (AvgIpc) is 2.30. The minimum absolute atomic E-state index is 0.0241. The van der Waals surface area contributed by atoms with Crippen LogP contribution in [0, 0.1) is 11.2 Å². The highest BCUT2D eigenvalue weighted by Crippen LogP contribution is 2.24. The summed E-state index contributed by atoms with van der Waals surface area (Å²) in [7, 11) is 0. The van der Waals surface area contributed by atoms with Crippen LogP contribution in [0.3, 0.4) is 0 Å². The van der Waals surface area contributed by atoms with Crippen molar-refractivity contribution in [2.45, 2.75) is 6.92 Å². The van der Waals surface area contributed by atoms with E-state index in [2.05, 4.69) is 6.58 Å². The Labute approximate surface area is 110 Å². The van der Waals surface area contributed by atoms with Crippen molar-refractivity contribution in [3.05, 3.63) is 53.0 Å². The third-order valence-electron chi connectivity index (χ3n) is 2.30. The molecule has 0 spiro atoms. The van der Waals surface area contributed by atoms with Crippen molar-refractivity contribution >= 4 is 23.1 Å². The van der Waals surface area contributed by atoms with Crippen LogP contribution < -0.4 is 16.6 Å². The molecule has 0 aromatic heterocycles. The Morgan fingerprint density at radius 2 is 2.17 bits per heavy atom. The van der Waals surface area contributed by atoms with Crippen LogP contribution in [0.25, 0.3) is 0 Å². The lowest BCUT2D eigenvalue weighted by molar-refractivity contribution is 0.628. The molecule has 1 aromatic carbocycles. The van der Waals surface area contributed by atoms with Gasteiger partial charge < -0.3 is 5.73 Å². The molecule has 0 atom stereocenters. The van der Waals surface area contributed by atoms with E-state index in [0.29, 0.717) is 17.0 Å². The second-order valence-corrected chi connectivity index (χ2v) is 4.11. The van der Waals surface area contributed by atoms with Gasteiger partial charge in [-0.1, -0.05) is 18.2 Å². The van der Waals surface area contributed by atoms with Gasteiger partial charge in [0.15, 0.2) is 0 Å². The van der Waals surface area contributed by atoms with Crippen LogP contribution in [0.1, 0.15) is 6.92 Å². The summed E-state index contributed by atoms with van der Waals surface area (Å²) < 4.78 is 13.0. The molecule has 0 amide bonds. The quantitative estimate of drug-likeness (QED) is 0.258. The lowest BCUT2D eigenvalue weighted by Crippen LogP contribution is -2.30. The number of benzene rings is 1.